The van der Waals surface area contributed by atoms with Crippen LogP contribution >= 0.6 is 0 Å². The van der Waals surface area contributed by atoms with Crippen molar-refractivity contribution in [3.63, 3.8) is 0 Å². The van der Waals surface area contributed by atoms with Crippen LogP contribution in [0.1, 0.15) is 12.8 Å². The van der Waals surface area contributed by atoms with Gasteiger partial charge in [-0.05, 0) is 58.9 Å². The van der Waals surface area contributed by atoms with Crippen molar-refractivity contribution in [2.45, 2.75) is 83.6 Å². The quantitative estimate of drug-likeness (QED) is 0.238. The van der Waals surface area contributed by atoms with Crippen molar-refractivity contribution >= 4 is 41.2 Å². The lowest BCUT2D eigenvalue weighted by Crippen LogP contribution is -2.53. The van der Waals surface area contributed by atoms with Crippen LogP contribution < -0.4 is 0 Å². The summed E-state index contributed by atoms with van der Waals surface area (Å²) in [6.45, 7) is 18.5. The monoisotopic (exact) mass is 422 g/mol. The first-order valence-corrected chi connectivity index (χ1v) is 20.7. The largest absolute Gasteiger partial charge is 0.549 e. The van der Waals surface area contributed by atoms with Crippen molar-refractivity contribution in [3.8, 4) is 0 Å². The molecule has 0 aliphatic heterocycles. The number of carbonyl (C=O) groups is 1. The van der Waals surface area contributed by atoms with Crippen molar-refractivity contribution < 1.29 is 23.2 Å². The van der Waals surface area contributed by atoms with Gasteiger partial charge in [0.15, 0.2) is 22.4 Å². The van der Waals surface area contributed by atoms with E-state index in [1.807, 2.05) is 19.6 Å². The van der Waals surface area contributed by atoms with Gasteiger partial charge in [0.25, 0.3) is 0 Å². The maximum atomic E-state index is 12.1. The Morgan fingerprint density at radius 2 is 1.40 bits per heavy atom. The Labute approximate surface area is 160 Å². The number of rotatable bonds is 11. The van der Waals surface area contributed by atoms with Crippen molar-refractivity contribution in [2.24, 2.45) is 0 Å². The zero-order valence-corrected chi connectivity index (χ0v) is 22.8. The van der Waals surface area contributed by atoms with Crippen LogP contribution in [0.3, 0.4) is 0 Å². The van der Waals surface area contributed by atoms with Crippen molar-refractivity contribution in [1.82, 2.24) is 0 Å². The zero-order chi connectivity index (χ0) is 20.1. The van der Waals surface area contributed by atoms with Gasteiger partial charge in [-0.2, -0.15) is 0 Å². The highest BCUT2D eigenvalue weighted by Crippen LogP contribution is 2.36. The lowest BCUT2D eigenvalue weighted by molar-refractivity contribution is -0.146. The van der Waals surface area contributed by atoms with Gasteiger partial charge in [0.05, 0.1) is 6.26 Å². The third kappa shape index (κ3) is 10.5. The average Bonchev–Trinajstić information content (AvgIpc) is 2.30. The maximum Gasteiger partial charge on any atom is 0.340 e. The smallest absolute Gasteiger partial charge is 0.340 e. The van der Waals surface area contributed by atoms with E-state index in [2.05, 4.69) is 39.3 Å². The predicted octanol–water partition coefficient (Wildman–Crippen LogP) is 3.77. The molecule has 1 N–H and O–H groups in total. The SMILES string of the molecule is C[Si](C)(C)OC=C(C(=O)O)C(CCC[SiH3])(O[Si](C)(C)C)O[Si](C)(C)C. The molecule has 0 aliphatic carbocycles. The number of carboxylic acids is 1. The second kappa shape index (κ2) is 9.13. The van der Waals surface area contributed by atoms with Crippen LogP contribution in [0, 0.1) is 0 Å². The fraction of sp³-hybridized carbons (Fsp3) is 0.812. The molecule has 0 amide bonds. The first kappa shape index (κ1) is 24.8. The Morgan fingerprint density at radius 3 is 1.68 bits per heavy atom. The molecule has 0 aromatic carbocycles. The van der Waals surface area contributed by atoms with E-state index in [1.165, 1.54) is 6.26 Å². The molecule has 0 saturated heterocycles. The molecule has 0 radical (unpaired) electrons. The molecule has 25 heavy (non-hydrogen) atoms. The van der Waals surface area contributed by atoms with E-state index in [0.717, 1.165) is 22.7 Å². The molecule has 9 heteroatoms. The first-order valence-electron chi connectivity index (χ1n) is 9.03. The summed E-state index contributed by atoms with van der Waals surface area (Å²) < 4.78 is 18.7. The number of hydrogen-bond acceptors (Lipinski definition) is 4. The van der Waals surface area contributed by atoms with Gasteiger partial charge >= 0.3 is 5.97 Å². The summed E-state index contributed by atoms with van der Waals surface area (Å²) in [5.41, 5.74) is 0.106. The molecule has 0 unspecified atom stereocenters. The summed E-state index contributed by atoms with van der Waals surface area (Å²) in [5.74, 6) is -2.24. The van der Waals surface area contributed by atoms with Crippen LogP contribution in [0.2, 0.25) is 65.0 Å². The van der Waals surface area contributed by atoms with E-state index in [-0.39, 0.29) is 5.57 Å². The van der Waals surface area contributed by atoms with E-state index < -0.39 is 36.7 Å². The highest BCUT2D eigenvalue weighted by Gasteiger charge is 2.46. The van der Waals surface area contributed by atoms with Gasteiger partial charge in [0.1, 0.15) is 5.57 Å². The molecule has 0 rings (SSSR count). The number of aliphatic carboxylic acids is 1. The summed E-state index contributed by atoms with van der Waals surface area (Å²) in [4.78, 5) is 12.1. The molecule has 0 aromatic heterocycles. The highest BCUT2D eigenvalue weighted by atomic mass is 28.4. The Bertz CT molecular complexity index is 456. The van der Waals surface area contributed by atoms with Crippen LogP contribution in [-0.2, 0) is 18.1 Å². The summed E-state index contributed by atoms with van der Waals surface area (Å²) in [5, 5.41) is 9.95. The molecular formula is C16H38O5Si4. The third-order valence-corrected chi connectivity index (χ3v) is 6.39. The van der Waals surface area contributed by atoms with Crippen LogP contribution in [-0.4, -0.2) is 52.1 Å². The second-order valence-corrected chi connectivity index (χ2v) is 23.7. The minimum atomic E-state index is -2.07. The fourth-order valence-electron chi connectivity index (χ4n) is 2.31. The lowest BCUT2D eigenvalue weighted by Gasteiger charge is -2.43. The Balaban J connectivity index is 6.25. The van der Waals surface area contributed by atoms with Crippen molar-refractivity contribution in [2.75, 3.05) is 0 Å². The van der Waals surface area contributed by atoms with E-state index in [4.69, 9.17) is 13.3 Å². The molecule has 148 valence electrons. The summed E-state index contributed by atoms with van der Waals surface area (Å²) in [6, 6.07) is 1.08. The van der Waals surface area contributed by atoms with Gasteiger partial charge in [-0.25, -0.2) is 4.79 Å². The minimum Gasteiger partial charge on any atom is -0.549 e. The van der Waals surface area contributed by atoms with Crippen LogP contribution in [0.4, 0.5) is 0 Å². The van der Waals surface area contributed by atoms with Crippen LogP contribution in [0.5, 0.6) is 0 Å². The molecule has 5 nitrogen and oxygen atoms in total. The Morgan fingerprint density at radius 1 is 0.960 bits per heavy atom. The fourth-order valence-corrected chi connectivity index (χ4v) is 5.70. The molecule has 0 spiro atoms. The molecule has 0 fully saturated rings. The third-order valence-electron chi connectivity index (χ3n) is 2.97. The number of hydrogen-bond donors (Lipinski definition) is 1. The molecule has 0 saturated carbocycles. The van der Waals surface area contributed by atoms with Crippen molar-refractivity contribution in [1.29, 1.82) is 0 Å². The van der Waals surface area contributed by atoms with Crippen LogP contribution in [0.15, 0.2) is 11.8 Å². The minimum absolute atomic E-state index is 0.106. The van der Waals surface area contributed by atoms with Crippen LogP contribution in [0.25, 0.3) is 0 Å². The lowest BCUT2D eigenvalue weighted by atomic mass is 10.0. The molecule has 0 bridgehead atoms. The van der Waals surface area contributed by atoms with Gasteiger partial charge < -0.3 is 18.4 Å². The van der Waals surface area contributed by atoms with Crippen molar-refractivity contribution in [3.05, 3.63) is 11.8 Å². The zero-order valence-electron chi connectivity index (χ0n) is 17.8. The molecule has 0 aromatic rings. The Hall–Kier alpha value is -0.202. The second-order valence-electron chi connectivity index (χ2n) is 9.35. The van der Waals surface area contributed by atoms with E-state index in [1.54, 1.807) is 0 Å². The average molecular weight is 423 g/mol. The van der Waals surface area contributed by atoms with E-state index >= 15 is 0 Å². The van der Waals surface area contributed by atoms with Gasteiger partial charge in [0.2, 0.25) is 8.32 Å². The van der Waals surface area contributed by atoms with Gasteiger partial charge in [0, 0.05) is 16.7 Å². The molecular weight excluding hydrogens is 385 g/mol. The Kier molecular flexibility index (Phi) is 9.06. The van der Waals surface area contributed by atoms with Gasteiger partial charge in [-0.3, -0.25) is 0 Å². The topological polar surface area (TPSA) is 65.0 Å². The molecule has 0 atom stereocenters. The summed E-state index contributed by atoms with van der Waals surface area (Å²) in [6.07, 6.45) is 2.85. The van der Waals surface area contributed by atoms with E-state index in [9.17, 15) is 9.90 Å². The summed E-state index contributed by atoms with van der Waals surface area (Å²) >= 11 is 0. The van der Waals surface area contributed by atoms with Gasteiger partial charge in [-0.1, -0.05) is 12.5 Å². The highest BCUT2D eigenvalue weighted by molar-refractivity contribution is 6.71. The summed E-state index contributed by atoms with van der Waals surface area (Å²) in [7, 11) is -4.97. The maximum absolute atomic E-state index is 12.1. The molecule has 0 aliphatic rings. The van der Waals surface area contributed by atoms with E-state index in [0.29, 0.717) is 6.42 Å². The molecule has 0 heterocycles. The van der Waals surface area contributed by atoms with Gasteiger partial charge in [-0.15, -0.1) is 0 Å². The first-order chi connectivity index (χ1) is 11.0. The normalized spacial score (nSPS) is 14.7. The predicted molar refractivity (Wildman–Crippen MR) is 116 cm³/mol. The number of carboxylic acid groups (broad SMARTS) is 1. The standard InChI is InChI=1S/C16H38O5Si4/c1-23(2,3)19-13-14(15(17)18)16(11-10-12-22,20-24(4,5)6)21-25(7,8)9/h13H,10-12H2,1-9,22H3,(H,17,18).